The quantitative estimate of drug-likeness (QED) is 0.745. The van der Waals surface area contributed by atoms with Crippen LogP contribution < -0.4 is 5.32 Å². The van der Waals surface area contributed by atoms with Crippen molar-refractivity contribution < 1.29 is 9.90 Å². The molecule has 3 nitrogen and oxygen atoms in total. The third-order valence-electron chi connectivity index (χ3n) is 2.06. The van der Waals surface area contributed by atoms with Crippen molar-refractivity contribution in [2.24, 2.45) is 0 Å². The van der Waals surface area contributed by atoms with Gasteiger partial charge in [-0.3, -0.25) is 4.79 Å². The lowest BCUT2D eigenvalue weighted by Crippen LogP contribution is -2.22. The van der Waals surface area contributed by atoms with Crippen LogP contribution in [-0.4, -0.2) is 17.6 Å². The maximum Gasteiger partial charge on any atom is 0.216 e. The average Bonchev–Trinajstić information content (AvgIpc) is 2.18. The van der Waals surface area contributed by atoms with E-state index in [1.807, 2.05) is 24.3 Å². The van der Waals surface area contributed by atoms with Gasteiger partial charge >= 0.3 is 0 Å². The Labute approximate surface area is 83.8 Å². The van der Waals surface area contributed by atoms with Gasteiger partial charge in [0.05, 0.1) is 6.61 Å². The van der Waals surface area contributed by atoms with E-state index in [2.05, 4.69) is 5.32 Å². The van der Waals surface area contributed by atoms with Crippen LogP contribution in [0.3, 0.4) is 0 Å². The van der Waals surface area contributed by atoms with Crippen molar-refractivity contribution in [3.8, 4) is 0 Å². The van der Waals surface area contributed by atoms with Crippen molar-refractivity contribution >= 4 is 5.91 Å². The van der Waals surface area contributed by atoms with E-state index >= 15 is 0 Å². The minimum Gasteiger partial charge on any atom is -0.392 e. The molecule has 3 heteroatoms. The first-order valence-corrected chi connectivity index (χ1v) is 4.66. The molecule has 0 atom stereocenters. The Morgan fingerprint density at radius 2 is 2.00 bits per heavy atom. The first-order valence-electron chi connectivity index (χ1n) is 4.66. The highest BCUT2D eigenvalue weighted by Crippen LogP contribution is 2.08. The van der Waals surface area contributed by atoms with Gasteiger partial charge in [0, 0.05) is 13.5 Å². The van der Waals surface area contributed by atoms with E-state index in [4.69, 9.17) is 5.11 Å². The lowest BCUT2D eigenvalue weighted by Gasteiger charge is -2.06. The largest absolute Gasteiger partial charge is 0.392 e. The smallest absolute Gasteiger partial charge is 0.216 e. The second kappa shape index (κ2) is 5.40. The van der Waals surface area contributed by atoms with Gasteiger partial charge in [-0.1, -0.05) is 24.3 Å². The molecular formula is C11H15NO2. The monoisotopic (exact) mass is 193 g/mol. The molecule has 1 aromatic rings. The molecule has 0 saturated carbocycles. The minimum absolute atomic E-state index is 0.0218. The Morgan fingerprint density at radius 1 is 1.36 bits per heavy atom. The van der Waals surface area contributed by atoms with Crippen molar-refractivity contribution in [1.82, 2.24) is 5.32 Å². The van der Waals surface area contributed by atoms with Gasteiger partial charge in [0.2, 0.25) is 5.91 Å². The second-order valence-electron chi connectivity index (χ2n) is 3.16. The lowest BCUT2D eigenvalue weighted by atomic mass is 10.1. The summed E-state index contributed by atoms with van der Waals surface area (Å²) >= 11 is 0. The number of carbonyl (C=O) groups is 1. The van der Waals surface area contributed by atoms with E-state index in [0.29, 0.717) is 6.54 Å². The van der Waals surface area contributed by atoms with Crippen molar-refractivity contribution in [2.75, 3.05) is 6.54 Å². The van der Waals surface area contributed by atoms with Crippen LogP contribution in [0, 0.1) is 0 Å². The number of aliphatic hydroxyl groups excluding tert-OH is 1. The topological polar surface area (TPSA) is 49.3 Å². The van der Waals surface area contributed by atoms with Gasteiger partial charge in [0.25, 0.3) is 0 Å². The molecule has 0 bridgehead atoms. The van der Waals surface area contributed by atoms with Crippen LogP contribution in [0.1, 0.15) is 18.1 Å². The number of hydrogen-bond donors (Lipinski definition) is 2. The highest BCUT2D eigenvalue weighted by atomic mass is 16.3. The first kappa shape index (κ1) is 10.7. The van der Waals surface area contributed by atoms with E-state index in [9.17, 15) is 4.79 Å². The summed E-state index contributed by atoms with van der Waals surface area (Å²) in [6.07, 6.45) is 0.760. The maximum absolute atomic E-state index is 10.6. The third-order valence-corrected chi connectivity index (χ3v) is 2.06. The maximum atomic E-state index is 10.6. The number of amides is 1. The predicted octanol–water partition coefficient (Wildman–Crippen LogP) is 0.858. The molecule has 76 valence electrons. The average molecular weight is 193 g/mol. The molecule has 0 fully saturated rings. The van der Waals surface area contributed by atoms with Gasteiger partial charge in [0.1, 0.15) is 0 Å². The molecule has 1 rings (SSSR count). The molecule has 0 spiro atoms. The van der Waals surface area contributed by atoms with Gasteiger partial charge in [-0.05, 0) is 17.5 Å². The second-order valence-corrected chi connectivity index (χ2v) is 3.16. The fourth-order valence-electron chi connectivity index (χ4n) is 1.33. The fourth-order valence-corrected chi connectivity index (χ4v) is 1.33. The molecule has 2 N–H and O–H groups in total. The lowest BCUT2D eigenvalue weighted by molar-refractivity contribution is -0.118. The van der Waals surface area contributed by atoms with E-state index < -0.39 is 0 Å². The number of rotatable bonds is 4. The summed E-state index contributed by atoms with van der Waals surface area (Å²) in [5.41, 5.74) is 2.02. The van der Waals surface area contributed by atoms with Crippen LogP contribution in [0.4, 0.5) is 0 Å². The van der Waals surface area contributed by atoms with Crippen LogP contribution in [0.25, 0.3) is 0 Å². The molecule has 0 aliphatic carbocycles. The van der Waals surface area contributed by atoms with Crippen LogP contribution in [0.5, 0.6) is 0 Å². The molecule has 0 aromatic heterocycles. The highest BCUT2D eigenvalue weighted by molar-refractivity contribution is 5.72. The molecule has 0 aliphatic rings. The molecule has 1 amide bonds. The third kappa shape index (κ3) is 3.18. The fraction of sp³-hybridized carbons (Fsp3) is 0.364. The summed E-state index contributed by atoms with van der Waals surface area (Å²) in [5, 5.41) is 11.8. The zero-order chi connectivity index (χ0) is 10.4. The SMILES string of the molecule is CC(=O)NCCc1ccccc1CO. The molecule has 0 saturated heterocycles. The normalized spacial score (nSPS) is 9.86. The number of aliphatic hydroxyl groups is 1. The van der Waals surface area contributed by atoms with Crippen molar-refractivity contribution in [2.45, 2.75) is 20.0 Å². The van der Waals surface area contributed by atoms with Crippen LogP contribution >= 0.6 is 0 Å². The Bertz CT molecular complexity index is 310. The standard InChI is InChI=1S/C11H15NO2/c1-9(14)12-7-6-10-4-2-3-5-11(10)8-13/h2-5,13H,6-8H2,1H3,(H,12,14). The Balaban J connectivity index is 2.53. The van der Waals surface area contributed by atoms with Crippen LogP contribution in [-0.2, 0) is 17.8 Å². The highest BCUT2D eigenvalue weighted by Gasteiger charge is 1.99. The molecule has 0 radical (unpaired) electrons. The number of nitrogens with one attached hydrogen (secondary N) is 1. The molecular weight excluding hydrogens is 178 g/mol. The summed E-state index contributed by atoms with van der Waals surface area (Å²) in [4.78, 5) is 10.6. The van der Waals surface area contributed by atoms with Gasteiger partial charge in [-0.2, -0.15) is 0 Å². The summed E-state index contributed by atoms with van der Waals surface area (Å²) in [6, 6.07) is 7.69. The zero-order valence-electron chi connectivity index (χ0n) is 8.29. The number of hydrogen-bond acceptors (Lipinski definition) is 2. The summed E-state index contributed by atoms with van der Waals surface area (Å²) < 4.78 is 0. The molecule has 1 aromatic carbocycles. The van der Waals surface area contributed by atoms with Gasteiger partial charge in [0.15, 0.2) is 0 Å². The molecule has 0 aliphatic heterocycles. The summed E-state index contributed by atoms with van der Waals surface area (Å²) in [5.74, 6) is -0.0218. The molecule has 0 heterocycles. The summed E-state index contributed by atoms with van der Waals surface area (Å²) in [6.45, 7) is 2.17. The number of carbonyl (C=O) groups excluding carboxylic acids is 1. The van der Waals surface area contributed by atoms with E-state index in [0.717, 1.165) is 17.5 Å². The minimum atomic E-state index is -0.0218. The Kier molecular flexibility index (Phi) is 4.13. The Hall–Kier alpha value is -1.35. The Morgan fingerprint density at radius 3 is 2.57 bits per heavy atom. The van der Waals surface area contributed by atoms with Crippen molar-refractivity contribution in [3.05, 3.63) is 35.4 Å². The first-order chi connectivity index (χ1) is 6.74. The zero-order valence-corrected chi connectivity index (χ0v) is 8.29. The predicted molar refractivity (Wildman–Crippen MR) is 54.8 cm³/mol. The summed E-state index contributed by atoms with van der Waals surface area (Å²) in [7, 11) is 0. The molecule has 0 unspecified atom stereocenters. The van der Waals surface area contributed by atoms with Crippen LogP contribution in [0.2, 0.25) is 0 Å². The van der Waals surface area contributed by atoms with Crippen LogP contribution in [0.15, 0.2) is 24.3 Å². The van der Waals surface area contributed by atoms with Gasteiger partial charge in [-0.15, -0.1) is 0 Å². The number of benzene rings is 1. The van der Waals surface area contributed by atoms with E-state index in [-0.39, 0.29) is 12.5 Å². The van der Waals surface area contributed by atoms with Crippen molar-refractivity contribution in [3.63, 3.8) is 0 Å². The van der Waals surface area contributed by atoms with E-state index in [1.165, 1.54) is 6.92 Å². The van der Waals surface area contributed by atoms with E-state index in [1.54, 1.807) is 0 Å². The molecule has 14 heavy (non-hydrogen) atoms. The van der Waals surface area contributed by atoms with Gasteiger partial charge < -0.3 is 10.4 Å². The van der Waals surface area contributed by atoms with Crippen molar-refractivity contribution in [1.29, 1.82) is 0 Å². The van der Waals surface area contributed by atoms with Gasteiger partial charge in [-0.25, -0.2) is 0 Å².